The van der Waals surface area contributed by atoms with Gasteiger partial charge in [0.15, 0.2) is 0 Å². The molecule has 0 aliphatic rings. The minimum absolute atomic E-state index is 0.0211. The van der Waals surface area contributed by atoms with Crippen LogP contribution in [0.4, 0.5) is 0 Å². The molecule has 0 amide bonds. The number of aromatic nitrogens is 4. The van der Waals surface area contributed by atoms with Crippen LogP contribution in [0.5, 0.6) is 0 Å². The maximum Gasteiger partial charge on any atom is 0.337 e. The molecule has 0 aliphatic heterocycles. The Balaban J connectivity index is 1.83. The van der Waals surface area contributed by atoms with Crippen molar-refractivity contribution in [2.75, 3.05) is 0 Å². The minimum atomic E-state index is -1.00. The van der Waals surface area contributed by atoms with Crippen LogP contribution in [0.1, 0.15) is 78.3 Å². The Labute approximate surface area is 182 Å². The van der Waals surface area contributed by atoms with Crippen molar-refractivity contribution in [3.05, 3.63) is 65.5 Å². The summed E-state index contributed by atoms with van der Waals surface area (Å²) >= 11 is 0. The Morgan fingerprint density at radius 3 is 2.48 bits per heavy atom. The van der Waals surface area contributed by atoms with E-state index in [4.69, 9.17) is 0 Å². The second-order valence-corrected chi connectivity index (χ2v) is 7.56. The van der Waals surface area contributed by atoms with Gasteiger partial charge >= 0.3 is 5.97 Å². The number of carbonyl (C=O) groups excluding carboxylic acids is 1. The summed E-state index contributed by atoms with van der Waals surface area (Å²) in [4.78, 5) is 32.2. The van der Waals surface area contributed by atoms with E-state index < -0.39 is 5.97 Å². The van der Waals surface area contributed by atoms with Crippen LogP contribution in [-0.4, -0.2) is 36.6 Å². The average molecular weight is 421 g/mol. The van der Waals surface area contributed by atoms with Crippen LogP contribution < -0.4 is 0 Å². The van der Waals surface area contributed by atoms with Gasteiger partial charge in [-0.1, -0.05) is 51.0 Å². The summed E-state index contributed by atoms with van der Waals surface area (Å²) < 4.78 is 1.82. The van der Waals surface area contributed by atoms with Crippen molar-refractivity contribution < 1.29 is 14.7 Å². The number of carboxylic acids is 1. The molecule has 2 aromatic heterocycles. The number of hydrogen-bond acceptors (Lipinski definition) is 5. The number of pyridine rings is 1. The van der Waals surface area contributed by atoms with Gasteiger partial charge in [-0.3, -0.25) is 9.78 Å². The Kier molecular flexibility index (Phi) is 7.65. The lowest BCUT2D eigenvalue weighted by Crippen LogP contribution is -2.08. The first-order chi connectivity index (χ1) is 15.0. The van der Waals surface area contributed by atoms with Crippen LogP contribution in [0.25, 0.3) is 11.1 Å². The molecule has 0 saturated carbocycles. The zero-order chi connectivity index (χ0) is 22.2. The van der Waals surface area contributed by atoms with E-state index in [0.717, 1.165) is 49.1 Å². The van der Waals surface area contributed by atoms with Gasteiger partial charge in [0.25, 0.3) is 0 Å². The largest absolute Gasteiger partial charge is 0.478 e. The van der Waals surface area contributed by atoms with Crippen LogP contribution in [0.3, 0.4) is 0 Å². The number of aromatic carboxylic acids is 1. The number of ketones is 1. The molecule has 0 atom stereocenters. The maximum atomic E-state index is 12.3. The normalized spacial score (nSPS) is 10.9. The number of carboxylic acid groups (broad SMARTS) is 1. The predicted octanol–water partition coefficient (Wildman–Crippen LogP) is 4.80. The number of hydrogen-bond donors (Lipinski definition) is 1. The maximum absolute atomic E-state index is 12.3. The van der Waals surface area contributed by atoms with E-state index in [1.54, 1.807) is 12.3 Å². The highest BCUT2D eigenvalue weighted by Gasteiger charge is 2.16. The van der Waals surface area contributed by atoms with Gasteiger partial charge in [0.1, 0.15) is 5.82 Å². The second-order valence-electron chi connectivity index (χ2n) is 7.56. The molecule has 0 spiro atoms. The third-order valence-corrected chi connectivity index (χ3v) is 5.13. The van der Waals surface area contributed by atoms with E-state index in [9.17, 15) is 14.7 Å². The Bertz CT molecular complexity index is 1040. The Hall–Kier alpha value is -3.35. The molecule has 0 radical (unpaired) electrons. The SMILES string of the molecule is CCCCCc1nc(C(=O)CCC)nn1Cc1ccc(-c2ccncc2C(=O)O)cc1. The highest BCUT2D eigenvalue weighted by Crippen LogP contribution is 2.24. The number of aryl methyl sites for hydroxylation is 1. The van der Waals surface area contributed by atoms with Crippen molar-refractivity contribution in [1.29, 1.82) is 0 Å². The first-order valence-corrected chi connectivity index (χ1v) is 10.8. The standard InChI is InChI=1S/C24H28N4O3/c1-3-5-6-8-22-26-23(21(29)7-4-2)27-28(22)16-17-9-11-18(12-10-17)19-13-14-25-15-20(19)24(30)31/h9-15H,3-8,16H2,1-2H3,(H,30,31). The van der Waals surface area contributed by atoms with Gasteiger partial charge < -0.3 is 5.11 Å². The van der Waals surface area contributed by atoms with Gasteiger partial charge in [0, 0.05) is 25.2 Å². The molecule has 0 saturated heterocycles. The van der Waals surface area contributed by atoms with E-state index in [2.05, 4.69) is 22.0 Å². The first kappa shape index (κ1) is 22.3. The van der Waals surface area contributed by atoms with Gasteiger partial charge in [-0.15, -0.1) is 5.10 Å². The number of benzene rings is 1. The highest BCUT2D eigenvalue weighted by molar-refractivity contribution is 5.95. The molecule has 3 rings (SSSR count). The monoisotopic (exact) mass is 420 g/mol. The van der Waals surface area contributed by atoms with Crippen molar-refractivity contribution in [2.45, 2.75) is 58.9 Å². The van der Waals surface area contributed by atoms with E-state index in [1.165, 1.54) is 6.20 Å². The van der Waals surface area contributed by atoms with Crippen LogP contribution in [0, 0.1) is 0 Å². The molecule has 162 valence electrons. The summed E-state index contributed by atoms with van der Waals surface area (Å²) in [5, 5.41) is 13.9. The number of nitrogens with zero attached hydrogens (tertiary/aromatic N) is 4. The molecule has 7 nitrogen and oxygen atoms in total. The summed E-state index contributed by atoms with van der Waals surface area (Å²) in [6, 6.07) is 9.40. The van der Waals surface area contributed by atoms with Crippen molar-refractivity contribution in [2.24, 2.45) is 0 Å². The minimum Gasteiger partial charge on any atom is -0.478 e. The second kappa shape index (κ2) is 10.6. The quantitative estimate of drug-likeness (QED) is 0.353. The van der Waals surface area contributed by atoms with E-state index in [-0.39, 0.29) is 11.3 Å². The molecule has 0 fully saturated rings. The summed E-state index contributed by atoms with van der Waals surface area (Å²) in [5.74, 6) is 0.107. The van der Waals surface area contributed by atoms with Crippen molar-refractivity contribution in [3.63, 3.8) is 0 Å². The molecular formula is C24H28N4O3. The molecule has 2 heterocycles. The molecule has 31 heavy (non-hydrogen) atoms. The molecule has 3 aromatic rings. The van der Waals surface area contributed by atoms with Gasteiger partial charge in [-0.05, 0) is 35.6 Å². The molecule has 0 unspecified atom stereocenters. The first-order valence-electron chi connectivity index (χ1n) is 10.8. The third-order valence-electron chi connectivity index (χ3n) is 5.13. The highest BCUT2D eigenvalue weighted by atomic mass is 16.4. The van der Waals surface area contributed by atoms with Gasteiger partial charge in [-0.2, -0.15) is 0 Å². The number of Topliss-reactive ketones (excluding diaryl/α,β-unsaturated/α-hetero) is 1. The fourth-order valence-corrected chi connectivity index (χ4v) is 3.46. The molecule has 7 heteroatoms. The summed E-state index contributed by atoms with van der Waals surface area (Å²) in [7, 11) is 0. The summed E-state index contributed by atoms with van der Waals surface area (Å²) in [6.07, 6.45) is 8.19. The molecule has 0 aliphatic carbocycles. The van der Waals surface area contributed by atoms with Crippen molar-refractivity contribution in [1.82, 2.24) is 19.7 Å². The van der Waals surface area contributed by atoms with Crippen LogP contribution in [0.2, 0.25) is 0 Å². The van der Waals surface area contributed by atoms with E-state index in [0.29, 0.717) is 24.4 Å². The molecular weight excluding hydrogens is 392 g/mol. The Morgan fingerprint density at radius 2 is 1.81 bits per heavy atom. The van der Waals surface area contributed by atoms with Gasteiger partial charge in [0.05, 0.1) is 12.1 Å². The van der Waals surface area contributed by atoms with Crippen LogP contribution in [0.15, 0.2) is 42.7 Å². The summed E-state index contributed by atoms with van der Waals surface area (Å²) in [5.41, 5.74) is 2.61. The number of rotatable bonds is 11. The Morgan fingerprint density at radius 1 is 1.03 bits per heavy atom. The number of unbranched alkanes of at least 4 members (excludes halogenated alkanes) is 2. The average Bonchev–Trinajstić information content (AvgIpc) is 3.17. The van der Waals surface area contributed by atoms with E-state index in [1.807, 2.05) is 35.9 Å². The van der Waals surface area contributed by atoms with E-state index >= 15 is 0 Å². The zero-order valence-corrected chi connectivity index (χ0v) is 18.0. The lowest BCUT2D eigenvalue weighted by molar-refractivity contribution is 0.0697. The fourth-order valence-electron chi connectivity index (χ4n) is 3.46. The van der Waals surface area contributed by atoms with Gasteiger partial charge in [-0.25, -0.2) is 14.5 Å². The van der Waals surface area contributed by atoms with Crippen molar-refractivity contribution >= 4 is 11.8 Å². The third kappa shape index (κ3) is 5.63. The topological polar surface area (TPSA) is 98.0 Å². The zero-order valence-electron chi connectivity index (χ0n) is 18.0. The lowest BCUT2D eigenvalue weighted by Gasteiger charge is -2.09. The smallest absolute Gasteiger partial charge is 0.337 e. The fraction of sp³-hybridized carbons (Fsp3) is 0.375. The molecule has 0 bridgehead atoms. The van der Waals surface area contributed by atoms with Crippen molar-refractivity contribution in [3.8, 4) is 11.1 Å². The van der Waals surface area contributed by atoms with Crippen LogP contribution in [-0.2, 0) is 13.0 Å². The molecule has 1 aromatic carbocycles. The predicted molar refractivity (Wildman–Crippen MR) is 118 cm³/mol. The van der Waals surface area contributed by atoms with Gasteiger partial charge in [0.2, 0.25) is 11.6 Å². The summed E-state index contributed by atoms with van der Waals surface area (Å²) in [6.45, 7) is 4.63. The lowest BCUT2D eigenvalue weighted by atomic mass is 10.0. The van der Waals surface area contributed by atoms with Crippen LogP contribution >= 0.6 is 0 Å². The number of carbonyl (C=O) groups is 2. The molecule has 1 N–H and O–H groups in total.